The molecule has 0 spiro atoms. The maximum atomic E-state index is 10.9. The minimum Gasteiger partial charge on any atom is -0.469 e. The first kappa shape index (κ1) is 42.6. The first-order valence-corrected chi connectivity index (χ1v) is 18.1. The van der Waals surface area contributed by atoms with Gasteiger partial charge < -0.3 is 9.47 Å². The zero-order valence-electron chi connectivity index (χ0n) is 28.7. The Balaban J connectivity index is 0. The molecule has 0 amide bonds. The Bertz CT molecular complexity index is 544. The highest BCUT2D eigenvalue weighted by Gasteiger charge is 1.99. The summed E-state index contributed by atoms with van der Waals surface area (Å²) in [5, 5.41) is 0. The standard InChI is InChI=1S/2C19H36O2/c2*1-3-4-5-6-7-8-9-10-11-12-13-14-15-16-17-18-19(20)21-2/h2*10-11H,3-9,12-18H2,1-2H3. The van der Waals surface area contributed by atoms with Gasteiger partial charge in [-0.2, -0.15) is 0 Å². The van der Waals surface area contributed by atoms with Gasteiger partial charge in [0.2, 0.25) is 0 Å². The Kier molecular flexibility index (Phi) is 39.9. The molecule has 0 fully saturated rings. The van der Waals surface area contributed by atoms with E-state index < -0.39 is 0 Å². The summed E-state index contributed by atoms with van der Waals surface area (Å²) in [6, 6.07) is 0. The lowest BCUT2D eigenvalue weighted by Gasteiger charge is -2.00. The van der Waals surface area contributed by atoms with Gasteiger partial charge in [0.05, 0.1) is 14.2 Å². The molecule has 0 radical (unpaired) electrons. The monoisotopic (exact) mass is 593 g/mol. The summed E-state index contributed by atoms with van der Waals surface area (Å²) in [4.78, 5) is 21.8. The topological polar surface area (TPSA) is 52.6 Å². The van der Waals surface area contributed by atoms with E-state index in [0.29, 0.717) is 12.8 Å². The number of allylic oxidation sites excluding steroid dienone is 4. The van der Waals surface area contributed by atoms with Crippen molar-refractivity contribution in [3.05, 3.63) is 24.3 Å². The molecular weight excluding hydrogens is 520 g/mol. The number of ether oxygens (including phenoxy) is 2. The normalized spacial score (nSPS) is 11.1. The zero-order chi connectivity index (χ0) is 31.2. The van der Waals surface area contributed by atoms with Crippen molar-refractivity contribution in [2.45, 2.75) is 194 Å². The van der Waals surface area contributed by atoms with Crippen LogP contribution in [0.5, 0.6) is 0 Å². The second-order valence-electron chi connectivity index (χ2n) is 11.8. The molecule has 4 heteroatoms. The molecule has 0 rings (SSSR count). The van der Waals surface area contributed by atoms with E-state index in [0.717, 1.165) is 25.7 Å². The highest BCUT2D eigenvalue weighted by Crippen LogP contribution is 2.11. The predicted octanol–water partition coefficient (Wildman–Crippen LogP) is 12.4. The summed E-state index contributed by atoms with van der Waals surface area (Å²) in [6.45, 7) is 4.53. The molecule has 4 nitrogen and oxygen atoms in total. The van der Waals surface area contributed by atoms with Gasteiger partial charge in [0, 0.05) is 12.8 Å². The maximum Gasteiger partial charge on any atom is 0.305 e. The second-order valence-corrected chi connectivity index (χ2v) is 11.8. The van der Waals surface area contributed by atoms with Crippen LogP contribution in [0.3, 0.4) is 0 Å². The fourth-order valence-electron chi connectivity index (χ4n) is 4.88. The molecule has 0 aromatic heterocycles. The van der Waals surface area contributed by atoms with Crippen molar-refractivity contribution in [1.82, 2.24) is 0 Å². The molecule has 0 unspecified atom stereocenters. The number of hydrogen-bond donors (Lipinski definition) is 0. The highest BCUT2D eigenvalue weighted by atomic mass is 16.5. The van der Waals surface area contributed by atoms with Crippen LogP contribution in [0.4, 0.5) is 0 Å². The minimum absolute atomic E-state index is 0.0763. The van der Waals surface area contributed by atoms with E-state index in [9.17, 15) is 9.59 Å². The number of unbranched alkanes of at least 4 members (excludes halogenated alkanes) is 22. The van der Waals surface area contributed by atoms with Crippen molar-refractivity contribution >= 4 is 11.9 Å². The van der Waals surface area contributed by atoms with Gasteiger partial charge in [0.25, 0.3) is 0 Å². The average molecular weight is 593 g/mol. The van der Waals surface area contributed by atoms with Gasteiger partial charge >= 0.3 is 11.9 Å². The van der Waals surface area contributed by atoms with Crippen LogP contribution in [0.25, 0.3) is 0 Å². The number of carbonyl (C=O) groups excluding carboxylic acids is 2. The quantitative estimate of drug-likeness (QED) is 0.0473. The third-order valence-corrected chi connectivity index (χ3v) is 7.74. The SMILES string of the molecule is CCCCCCCCC=CCCCCCCCC(=O)OC.CCCCCCCCC=CCCCCCCCC(=O)OC. The van der Waals surface area contributed by atoms with Gasteiger partial charge in [-0.15, -0.1) is 0 Å². The van der Waals surface area contributed by atoms with E-state index in [1.54, 1.807) is 0 Å². The Hall–Kier alpha value is -1.58. The third-order valence-electron chi connectivity index (χ3n) is 7.74. The Labute approximate surface area is 262 Å². The maximum absolute atomic E-state index is 10.9. The van der Waals surface area contributed by atoms with Crippen molar-refractivity contribution in [3.8, 4) is 0 Å². The molecule has 0 heterocycles. The number of rotatable bonds is 30. The Morgan fingerprint density at radius 1 is 0.381 bits per heavy atom. The van der Waals surface area contributed by atoms with Gasteiger partial charge in [-0.1, -0.05) is 141 Å². The van der Waals surface area contributed by atoms with Crippen molar-refractivity contribution in [1.29, 1.82) is 0 Å². The van der Waals surface area contributed by atoms with Crippen LogP contribution in [0.2, 0.25) is 0 Å². The van der Waals surface area contributed by atoms with Crippen molar-refractivity contribution in [3.63, 3.8) is 0 Å². The second kappa shape index (κ2) is 39.4. The molecule has 0 atom stereocenters. The molecule has 0 N–H and O–H groups in total. The van der Waals surface area contributed by atoms with E-state index in [4.69, 9.17) is 0 Å². The van der Waals surface area contributed by atoms with Crippen molar-refractivity contribution < 1.29 is 19.1 Å². The summed E-state index contributed by atoms with van der Waals surface area (Å²) in [7, 11) is 2.92. The van der Waals surface area contributed by atoms with Gasteiger partial charge in [0.15, 0.2) is 0 Å². The zero-order valence-corrected chi connectivity index (χ0v) is 28.7. The first-order chi connectivity index (χ1) is 20.6. The Morgan fingerprint density at radius 2 is 0.619 bits per heavy atom. The van der Waals surface area contributed by atoms with Gasteiger partial charge in [-0.25, -0.2) is 0 Å². The van der Waals surface area contributed by atoms with E-state index >= 15 is 0 Å². The van der Waals surface area contributed by atoms with Crippen LogP contribution in [-0.4, -0.2) is 26.2 Å². The molecule has 42 heavy (non-hydrogen) atoms. The Morgan fingerprint density at radius 3 is 0.881 bits per heavy atom. The molecule has 0 bridgehead atoms. The van der Waals surface area contributed by atoms with Crippen LogP contribution < -0.4 is 0 Å². The van der Waals surface area contributed by atoms with Crippen LogP contribution in [-0.2, 0) is 19.1 Å². The summed E-state index contributed by atoms with van der Waals surface area (Å²) in [5.74, 6) is -0.153. The van der Waals surface area contributed by atoms with Crippen LogP contribution in [0.1, 0.15) is 194 Å². The lowest BCUT2D eigenvalue weighted by Crippen LogP contribution is -1.98. The number of esters is 2. The van der Waals surface area contributed by atoms with Gasteiger partial charge in [0.1, 0.15) is 0 Å². The number of hydrogen-bond acceptors (Lipinski definition) is 4. The molecule has 0 aliphatic rings. The molecule has 248 valence electrons. The predicted molar refractivity (Wildman–Crippen MR) is 183 cm³/mol. The van der Waals surface area contributed by atoms with Crippen molar-refractivity contribution in [2.75, 3.05) is 14.2 Å². The summed E-state index contributed by atoms with van der Waals surface area (Å²) < 4.78 is 9.24. The van der Waals surface area contributed by atoms with Crippen LogP contribution in [0, 0.1) is 0 Å². The largest absolute Gasteiger partial charge is 0.469 e. The molecular formula is C38H72O4. The lowest BCUT2D eigenvalue weighted by molar-refractivity contribution is -0.141. The molecule has 0 aliphatic heterocycles. The van der Waals surface area contributed by atoms with E-state index in [-0.39, 0.29) is 11.9 Å². The molecule has 0 aromatic carbocycles. The highest BCUT2D eigenvalue weighted by molar-refractivity contribution is 5.69. The van der Waals surface area contributed by atoms with Gasteiger partial charge in [-0.3, -0.25) is 9.59 Å². The minimum atomic E-state index is -0.0763. The molecule has 0 aromatic rings. The summed E-state index contributed by atoms with van der Waals surface area (Å²) >= 11 is 0. The molecule has 0 saturated heterocycles. The van der Waals surface area contributed by atoms with Crippen LogP contribution in [0.15, 0.2) is 24.3 Å². The van der Waals surface area contributed by atoms with E-state index in [2.05, 4.69) is 47.6 Å². The number of methoxy groups -OCH3 is 2. The van der Waals surface area contributed by atoms with Crippen LogP contribution >= 0.6 is 0 Å². The van der Waals surface area contributed by atoms with Gasteiger partial charge in [-0.05, 0) is 64.2 Å². The molecule has 0 saturated carbocycles. The third kappa shape index (κ3) is 40.6. The summed E-state index contributed by atoms with van der Waals surface area (Å²) in [6.07, 6.45) is 44.0. The molecule has 0 aliphatic carbocycles. The van der Waals surface area contributed by atoms with Crippen molar-refractivity contribution in [2.24, 2.45) is 0 Å². The first-order valence-electron chi connectivity index (χ1n) is 18.1. The number of carbonyl (C=O) groups is 2. The lowest BCUT2D eigenvalue weighted by atomic mass is 10.1. The van der Waals surface area contributed by atoms with E-state index in [1.807, 2.05) is 0 Å². The smallest absolute Gasteiger partial charge is 0.305 e. The van der Waals surface area contributed by atoms with E-state index in [1.165, 1.54) is 155 Å². The fraction of sp³-hybridized carbons (Fsp3) is 0.842. The summed E-state index contributed by atoms with van der Waals surface area (Å²) in [5.41, 5.74) is 0. The fourth-order valence-corrected chi connectivity index (χ4v) is 4.88. The average Bonchev–Trinajstić information content (AvgIpc) is 3.01.